The van der Waals surface area contributed by atoms with E-state index >= 15 is 0 Å². The fourth-order valence-corrected chi connectivity index (χ4v) is 5.23. The van der Waals surface area contributed by atoms with Gasteiger partial charge in [-0.2, -0.15) is 0 Å². The summed E-state index contributed by atoms with van der Waals surface area (Å²) < 4.78 is 27.4. The Morgan fingerprint density at radius 2 is 1.89 bits per heavy atom. The van der Waals surface area contributed by atoms with Crippen LogP contribution in [0.2, 0.25) is 0 Å². The molecule has 4 rings (SSSR count). The number of rotatable bonds is 4. The zero-order chi connectivity index (χ0) is 19.0. The lowest BCUT2D eigenvalue weighted by atomic mass is 10.2. The molecule has 8 heteroatoms. The van der Waals surface area contributed by atoms with Crippen molar-refractivity contribution in [3.63, 3.8) is 0 Å². The minimum absolute atomic E-state index is 0.167. The van der Waals surface area contributed by atoms with Gasteiger partial charge >= 0.3 is 0 Å². The Hall–Kier alpha value is -2.71. The van der Waals surface area contributed by atoms with E-state index in [-0.39, 0.29) is 10.8 Å². The van der Waals surface area contributed by atoms with Crippen LogP contribution >= 0.6 is 11.3 Å². The van der Waals surface area contributed by atoms with Gasteiger partial charge in [0.05, 0.1) is 16.3 Å². The largest absolute Gasteiger partial charge is 0.298 e. The topological polar surface area (TPSA) is 79.4 Å². The summed E-state index contributed by atoms with van der Waals surface area (Å²) >= 11 is 1.34. The number of hydrogen-bond acceptors (Lipinski definition) is 5. The highest BCUT2D eigenvalue weighted by Gasteiger charge is 2.30. The molecule has 1 aromatic heterocycles. The molecule has 0 radical (unpaired) electrons. The molecule has 1 amide bonds. The lowest BCUT2D eigenvalue weighted by Crippen LogP contribution is -2.29. The summed E-state index contributed by atoms with van der Waals surface area (Å²) in [5, 5.41) is 5.08. The standard InChI is InChI=1S/C19H17N3O3S2/c1-13-12-26-19(20-13)21-18(23)15-6-8-16(9-7-15)27(24,25)22-11-10-14-4-2-3-5-17(14)22/h2-9,12H,10-11H2,1H3,(H,20,21,23). The number of carbonyl (C=O) groups is 1. The average Bonchev–Trinajstić information content (AvgIpc) is 3.28. The summed E-state index contributed by atoms with van der Waals surface area (Å²) in [6.07, 6.45) is 0.698. The lowest BCUT2D eigenvalue weighted by molar-refractivity contribution is 0.102. The fraction of sp³-hybridized carbons (Fsp3) is 0.158. The first-order chi connectivity index (χ1) is 12.9. The summed E-state index contributed by atoms with van der Waals surface area (Å²) in [6.45, 7) is 2.27. The summed E-state index contributed by atoms with van der Waals surface area (Å²) in [4.78, 5) is 16.7. The number of nitrogens with one attached hydrogen (secondary N) is 1. The molecule has 0 saturated carbocycles. The first-order valence-corrected chi connectivity index (χ1v) is 10.7. The van der Waals surface area contributed by atoms with E-state index in [1.165, 1.54) is 39.9 Å². The molecule has 2 aromatic carbocycles. The number of carbonyl (C=O) groups excluding carboxylic acids is 1. The van der Waals surface area contributed by atoms with Crippen molar-refractivity contribution < 1.29 is 13.2 Å². The van der Waals surface area contributed by atoms with Gasteiger partial charge in [-0.3, -0.25) is 14.4 Å². The number of hydrogen-bond donors (Lipinski definition) is 1. The highest BCUT2D eigenvalue weighted by Crippen LogP contribution is 2.32. The minimum Gasteiger partial charge on any atom is -0.298 e. The maximum atomic E-state index is 13.0. The number of sulfonamides is 1. The molecule has 0 spiro atoms. The maximum absolute atomic E-state index is 13.0. The van der Waals surface area contributed by atoms with Crippen molar-refractivity contribution >= 4 is 38.1 Å². The fourth-order valence-electron chi connectivity index (χ4n) is 3.04. The number of aromatic nitrogens is 1. The zero-order valence-corrected chi connectivity index (χ0v) is 16.2. The summed E-state index contributed by atoms with van der Waals surface area (Å²) in [6, 6.07) is 13.5. The van der Waals surface area contributed by atoms with E-state index in [9.17, 15) is 13.2 Å². The van der Waals surface area contributed by atoms with Gasteiger partial charge in [-0.05, 0) is 49.2 Å². The van der Waals surface area contributed by atoms with Crippen molar-refractivity contribution in [2.24, 2.45) is 0 Å². The number of amides is 1. The van der Waals surface area contributed by atoms with Gasteiger partial charge in [-0.1, -0.05) is 18.2 Å². The number of aryl methyl sites for hydroxylation is 1. The van der Waals surface area contributed by atoms with Crippen LogP contribution in [0.15, 0.2) is 58.8 Å². The van der Waals surface area contributed by atoms with Crippen molar-refractivity contribution in [2.75, 3.05) is 16.2 Å². The van der Waals surface area contributed by atoms with Crippen molar-refractivity contribution in [1.82, 2.24) is 4.98 Å². The van der Waals surface area contributed by atoms with E-state index in [2.05, 4.69) is 10.3 Å². The summed E-state index contributed by atoms with van der Waals surface area (Å²) in [5.41, 5.74) is 2.96. The molecule has 2 heterocycles. The second-order valence-electron chi connectivity index (χ2n) is 6.23. The molecule has 0 aliphatic carbocycles. The number of thiazole rings is 1. The third-order valence-corrected chi connectivity index (χ3v) is 7.09. The molecule has 0 fully saturated rings. The van der Waals surface area contributed by atoms with Gasteiger partial charge in [0.15, 0.2) is 5.13 Å². The molecule has 3 aromatic rings. The van der Waals surface area contributed by atoms with Gasteiger partial charge in [0.25, 0.3) is 15.9 Å². The van der Waals surface area contributed by atoms with Gasteiger partial charge in [0.2, 0.25) is 0 Å². The molecule has 0 saturated heterocycles. The normalized spacial score (nSPS) is 13.4. The van der Waals surface area contributed by atoms with Gasteiger partial charge in [0, 0.05) is 17.5 Å². The predicted molar refractivity (Wildman–Crippen MR) is 106 cm³/mol. The molecule has 0 bridgehead atoms. The molecule has 1 N–H and O–H groups in total. The first-order valence-electron chi connectivity index (χ1n) is 8.39. The highest BCUT2D eigenvalue weighted by atomic mass is 32.2. The van der Waals surface area contributed by atoms with Crippen LogP contribution in [0.3, 0.4) is 0 Å². The number of fused-ring (bicyclic) bond motifs is 1. The van der Waals surface area contributed by atoms with Crippen LogP contribution in [0, 0.1) is 6.92 Å². The van der Waals surface area contributed by atoms with Crippen LogP contribution < -0.4 is 9.62 Å². The highest BCUT2D eigenvalue weighted by molar-refractivity contribution is 7.92. The zero-order valence-electron chi connectivity index (χ0n) is 14.5. The Morgan fingerprint density at radius 1 is 1.15 bits per heavy atom. The Kier molecular flexibility index (Phi) is 4.45. The predicted octanol–water partition coefficient (Wildman–Crippen LogP) is 3.46. The quantitative estimate of drug-likeness (QED) is 0.729. The Morgan fingerprint density at radius 3 is 2.59 bits per heavy atom. The smallest absolute Gasteiger partial charge is 0.264 e. The molecule has 0 unspecified atom stereocenters. The number of para-hydroxylation sites is 1. The van der Waals surface area contributed by atoms with Crippen LogP contribution in [0.4, 0.5) is 10.8 Å². The number of benzene rings is 2. The van der Waals surface area contributed by atoms with Crippen LogP contribution in [0.25, 0.3) is 0 Å². The minimum atomic E-state index is -3.66. The van der Waals surface area contributed by atoms with Crippen molar-refractivity contribution in [3.8, 4) is 0 Å². The van der Waals surface area contributed by atoms with E-state index in [0.29, 0.717) is 23.7 Å². The van der Waals surface area contributed by atoms with Gasteiger partial charge in [0.1, 0.15) is 0 Å². The second kappa shape index (κ2) is 6.79. The molecule has 27 heavy (non-hydrogen) atoms. The first kappa shape index (κ1) is 17.7. The molecule has 1 aliphatic heterocycles. The molecule has 138 valence electrons. The van der Waals surface area contributed by atoms with E-state index < -0.39 is 10.0 Å². The average molecular weight is 399 g/mol. The third-order valence-electron chi connectivity index (χ3n) is 4.39. The van der Waals surface area contributed by atoms with Gasteiger partial charge < -0.3 is 0 Å². The summed E-state index contributed by atoms with van der Waals surface area (Å²) in [7, 11) is -3.66. The third kappa shape index (κ3) is 3.33. The summed E-state index contributed by atoms with van der Waals surface area (Å²) in [5.74, 6) is -0.320. The molecule has 0 atom stereocenters. The van der Waals surface area contributed by atoms with Crippen molar-refractivity contribution in [3.05, 3.63) is 70.7 Å². The number of nitrogens with zero attached hydrogens (tertiary/aromatic N) is 2. The van der Waals surface area contributed by atoms with Crippen LogP contribution in [-0.2, 0) is 16.4 Å². The monoisotopic (exact) mass is 399 g/mol. The molecule has 6 nitrogen and oxygen atoms in total. The van der Waals surface area contributed by atoms with E-state index in [1.54, 1.807) is 0 Å². The van der Waals surface area contributed by atoms with E-state index in [1.807, 2.05) is 36.6 Å². The number of anilines is 2. The lowest BCUT2D eigenvalue weighted by Gasteiger charge is -2.19. The van der Waals surface area contributed by atoms with Gasteiger partial charge in [-0.15, -0.1) is 11.3 Å². The van der Waals surface area contributed by atoms with Crippen molar-refractivity contribution in [1.29, 1.82) is 0 Å². The molecular formula is C19H17N3O3S2. The maximum Gasteiger partial charge on any atom is 0.264 e. The second-order valence-corrected chi connectivity index (χ2v) is 8.95. The van der Waals surface area contributed by atoms with Crippen LogP contribution in [0.5, 0.6) is 0 Å². The van der Waals surface area contributed by atoms with Crippen LogP contribution in [-0.4, -0.2) is 25.9 Å². The van der Waals surface area contributed by atoms with Crippen molar-refractivity contribution in [2.45, 2.75) is 18.2 Å². The van der Waals surface area contributed by atoms with E-state index in [0.717, 1.165) is 16.9 Å². The van der Waals surface area contributed by atoms with Crippen LogP contribution in [0.1, 0.15) is 21.6 Å². The molecular weight excluding hydrogens is 382 g/mol. The Labute approximate surface area is 161 Å². The molecule has 1 aliphatic rings. The van der Waals surface area contributed by atoms with Gasteiger partial charge in [-0.25, -0.2) is 13.4 Å². The SMILES string of the molecule is Cc1csc(NC(=O)c2ccc(S(=O)(=O)N3CCc4ccccc43)cc2)n1. The van der Waals surface area contributed by atoms with E-state index in [4.69, 9.17) is 0 Å². The Bertz CT molecular complexity index is 1110. The Balaban J connectivity index is 1.56.